The minimum absolute atomic E-state index is 0.261. The fraction of sp³-hybridized carbons (Fsp3) is 0.429. The Morgan fingerprint density at radius 1 is 1.60 bits per heavy atom. The van der Waals surface area contributed by atoms with Gasteiger partial charge in [0.2, 0.25) is 0 Å². The molecule has 0 aliphatic heterocycles. The average Bonchev–Trinajstić information content (AvgIpc) is 2.31. The Kier molecular flexibility index (Phi) is 2.96. The summed E-state index contributed by atoms with van der Waals surface area (Å²) in [6.07, 6.45) is 3.64. The lowest BCUT2D eigenvalue weighted by Crippen LogP contribution is -1.88. The molecule has 2 nitrogen and oxygen atoms in total. The summed E-state index contributed by atoms with van der Waals surface area (Å²) in [7, 11) is 0. The molecule has 0 fully saturated rings. The molecule has 0 aliphatic rings. The number of rotatable bonds is 3. The molecule has 0 aromatic carbocycles. The Bertz CT molecular complexity index is 197. The second-order valence-corrected chi connectivity index (χ2v) is 3.09. The van der Waals surface area contributed by atoms with Crippen molar-refractivity contribution in [3.63, 3.8) is 0 Å². The Labute approximate surface area is 68.4 Å². The number of hydrogen-bond acceptors (Lipinski definition) is 1. The van der Waals surface area contributed by atoms with E-state index in [2.05, 4.69) is 20.9 Å². The van der Waals surface area contributed by atoms with Gasteiger partial charge >= 0.3 is 0 Å². The highest BCUT2D eigenvalue weighted by Gasteiger charge is 1.94. The molecule has 1 aromatic rings. The van der Waals surface area contributed by atoms with Gasteiger partial charge in [0.1, 0.15) is 0 Å². The number of aryl methyl sites for hydroxylation is 1. The quantitative estimate of drug-likeness (QED) is 0.772. The fourth-order valence-corrected chi connectivity index (χ4v) is 1.22. The molecule has 2 N–H and O–H groups in total. The standard InChI is InChI=1S/C7H10BrNO/c8-6-4-7(9-5-6)2-1-3-10/h4-5,9-10H,1-3H2. The van der Waals surface area contributed by atoms with Crippen molar-refractivity contribution in [3.8, 4) is 0 Å². The first-order valence-corrected chi connectivity index (χ1v) is 4.06. The second-order valence-electron chi connectivity index (χ2n) is 2.17. The number of aromatic nitrogens is 1. The van der Waals surface area contributed by atoms with Gasteiger partial charge in [-0.25, -0.2) is 0 Å². The third kappa shape index (κ3) is 2.15. The number of aliphatic hydroxyl groups excluding tert-OH is 1. The Balaban J connectivity index is 2.42. The van der Waals surface area contributed by atoms with E-state index in [0.29, 0.717) is 0 Å². The van der Waals surface area contributed by atoms with Gasteiger partial charge < -0.3 is 10.1 Å². The molecule has 0 aliphatic carbocycles. The molecule has 1 heterocycles. The van der Waals surface area contributed by atoms with E-state index in [1.54, 1.807) is 0 Å². The number of aliphatic hydroxyl groups is 1. The van der Waals surface area contributed by atoms with Crippen molar-refractivity contribution in [2.45, 2.75) is 12.8 Å². The van der Waals surface area contributed by atoms with Gasteiger partial charge in [0.05, 0.1) is 0 Å². The predicted molar refractivity (Wildman–Crippen MR) is 43.9 cm³/mol. The van der Waals surface area contributed by atoms with Crippen LogP contribution in [0.2, 0.25) is 0 Å². The predicted octanol–water partition coefficient (Wildman–Crippen LogP) is 1.70. The van der Waals surface area contributed by atoms with Crippen molar-refractivity contribution in [2.24, 2.45) is 0 Å². The summed E-state index contributed by atoms with van der Waals surface area (Å²) in [5, 5.41) is 8.51. The van der Waals surface area contributed by atoms with E-state index < -0.39 is 0 Å². The van der Waals surface area contributed by atoms with Crippen molar-refractivity contribution in [1.29, 1.82) is 0 Å². The minimum atomic E-state index is 0.261. The van der Waals surface area contributed by atoms with Crippen LogP contribution < -0.4 is 0 Å². The molecule has 1 rings (SSSR count). The molecule has 0 atom stereocenters. The molecule has 1 aromatic heterocycles. The molecule has 56 valence electrons. The first-order chi connectivity index (χ1) is 4.83. The van der Waals surface area contributed by atoms with Gasteiger partial charge in [0, 0.05) is 23.0 Å². The van der Waals surface area contributed by atoms with E-state index in [0.717, 1.165) is 17.3 Å². The zero-order chi connectivity index (χ0) is 7.40. The van der Waals surface area contributed by atoms with Gasteiger partial charge in [-0.05, 0) is 34.8 Å². The lowest BCUT2D eigenvalue weighted by molar-refractivity contribution is 0.288. The SMILES string of the molecule is OCCCc1cc(Br)c[nH]1. The Morgan fingerprint density at radius 2 is 2.40 bits per heavy atom. The molecule has 0 saturated heterocycles. The van der Waals surface area contributed by atoms with Crippen LogP contribution in [0.25, 0.3) is 0 Å². The summed E-state index contributed by atoms with van der Waals surface area (Å²) < 4.78 is 1.07. The summed E-state index contributed by atoms with van der Waals surface area (Å²) in [6.45, 7) is 0.261. The van der Waals surface area contributed by atoms with Crippen molar-refractivity contribution in [2.75, 3.05) is 6.61 Å². The van der Waals surface area contributed by atoms with Crippen LogP contribution in [-0.4, -0.2) is 16.7 Å². The summed E-state index contributed by atoms with van der Waals surface area (Å²) >= 11 is 3.33. The molecular weight excluding hydrogens is 194 g/mol. The monoisotopic (exact) mass is 203 g/mol. The molecule has 10 heavy (non-hydrogen) atoms. The van der Waals surface area contributed by atoms with E-state index >= 15 is 0 Å². The summed E-state index contributed by atoms with van der Waals surface area (Å²) in [6, 6.07) is 2.02. The highest BCUT2D eigenvalue weighted by molar-refractivity contribution is 9.10. The molecule has 0 bridgehead atoms. The maximum atomic E-state index is 8.51. The van der Waals surface area contributed by atoms with Crippen LogP contribution in [0.3, 0.4) is 0 Å². The van der Waals surface area contributed by atoms with Crippen LogP contribution in [-0.2, 0) is 6.42 Å². The first kappa shape index (κ1) is 7.82. The highest BCUT2D eigenvalue weighted by Crippen LogP contribution is 2.11. The summed E-state index contributed by atoms with van der Waals surface area (Å²) in [4.78, 5) is 3.08. The second kappa shape index (κ2) is 3.78. The smallest absolute Gasteiger partial charge is 0.0434 e. The third-order valence-corrected chi connectivity index (χ3v) is 1.77. The molecule has 0 amide bonds. The van der Waals surface area contributed by atoms with Gasteiger partial charge in [-0.2, -0.15) is 0 Å². The van der Waals surface area contributed by atoms with Crippen molar-refractivity contribution in [1.82, 2.24) is 4.98 Å². The van der Waals surface area contributed by atoms with E-state index in [4.69, 9.17) is 5.11 Å². The Morgan fingerprint density at radius 3 is 2.90 bits per heavy atom. The molecule has 0 unspecified atom stereocenters. The van der Waals surface area contributed by atoms with Crippen LogP contribution in [0.1, 0.15) is 12.1 Å². The van der Waals surface area contributed by atoms with Gasteiger partial charge in [0.15, 0.2) is 0 Å². The van der Waals surface area contributed by atoms with E-state index in [9.17, 15) is 0 Å². The number of nitrogens with one attached hydrogen (secondary N) is 1. The van der Waals surface area contributed by atoms with Crippen LogP contribution in [0.15, 0.2) is 16.7 Å². The van der Waals surface area contributed by atoms with Crippen molar-refractivity contribution in [3.05, 3.63) is 22.4 Å². The number of hydrogen-bond donors (Lipinski definition) is 2. The average molecular weight is 204 g/mol. The van der Waals surface area contributed by atoms with Gasteiger partial charge in [-0.1, -0.05) is 0 Å². The van der Waals surface area contributed by atoms with Gasteiger partial charge in [-0.15, -0.1) is 0 Å². The van der Waals surface area contributed by atoms with Crippen molar-refractivity contribution < 1.29 is 5.11 Å². The van der Waals surface area contributed by atoms with Crippen LogP contribution >= 0.6 is 15.9 Å². The lowest BCUT2D eigenvalue weighted by atomic mass is 10.2. The molecule has 0 radical (unpaired) electrons. The number of halogens is 1. The summed E-state index contributed by atoms with van der Waals surface area (Å²) in [5.41, 5.74) is 1.17. The van der Waals surface area contributed by atoms with Crippen LogP contribution in [0, 0.1) is 0 Å². The molecule has 0 saturated carbocycles. The Hall–Kier alpha value is -0.280. The number of aromatic amines is 1. The zero-order valence-corrected chi connectivity index (χ0v) is 7.19. The minimum Gasteiger partial charge on any atom is -0.396 e. The number of H-pyrrole nitrogens is 1. The fourth-order valence-electron chi connectivity index (χ4n) is 0.825. The highest BCUT2D eigenvalue weighted by atomic mass is 79.9. The molecule has 0 spiro atoms. The first-order valence-electron chi connectivity index (χ1n) is 3.26. The van der Waals surface area contributed by atoms with E-state index in [1.807, 2.05) is 12.3 Å². The molecule has 3 heteroatoms. The van der Waals surface area contributed by atoms with Gasteiger partial charge in [-0.3, -0.25) is 0 Å². The summed E-state index contributed by atoms with van der Waals surface area (Å²) in [5.74, 6) is 0. The van der Waals surface area contributed by atoms with Crippen molar-refractivity contribution >= 4 is 15.9 Å². The van der Waals surface area contributed by atoms with Crippen LogP contribution in [0.5, 0.6) is 0 Å². The molecular formula is C7H10BrNO. The van der Waals surface area contributed by atoms with E-state index in [1.165, 1.54) is 5.69 Å². The van der Waals surface area contributed by atoms with E-state index in [-0.39, 0.29) is 6.61 Å². The normalized spacial score (nSPS) is 10.2. The van der Waals surface area contributed by atoms with Gasteiger partial charge in [0.25, 0.3) is 0 Å². The zero-order valence-electron chi connectivity index (χ0n) is 5.60. The lowest BCUT2D eigenvalue weighted by Gasteiger charge is -1.91. The largest absolute Gasteiger partial charge is 0.396 e. The van der Waals surface area contributed by atoms with Crippen LogP contribution in [0.4, 0.5) is 0 Å². The maximum Gasteiger partial charge on any atom is 0.0434 e. The maximum absolute atomic E-state index is 8.51. The topological polar surface area (TPSA) is 36.0 Å². The third-order valence-electron chi connectivity index (χ3n) is 1.31.